The average Bonchev–Trinajstić information content (AvgIpc) is 3.12. The SMILES string of the molecule is [B]=NOC(=O)c1cc2cc(/C=C/C(=O)N(C)Cc3sc4ccccc4c3C)cnc2[nH]c1=O. The fraction of sp³-hybridized carbons (Fsp3) is 0.130. The number of likely N-dealkylation sites (N-methyl/N-ethyl adjacent to an activating group) is 1. The van der Waals surface area contributed by atoms with E-state index in [4.69, 9.17) is 7.64 Å². The molecule has 1 radical (unpaired) electrons. The van der Waals surface area contributed by atoms with Crippen molar-refractivity contribution in [3.63, 3.8) is 0 Å². The third-order valence-electron chi connectivity index (χ3n) is 5.19. The first-order valence-corrected chi connectivity index (χ1v) is 10.7. The number of amides is 1. The second-order valence-corrected chi connectivity index (χ2v) is 8.51. The zero-order chi connectivity index (χ0) is 23.5. The van der Waals surface area contributed by atoms with E-state index in [-0.39, 0.29) is 11.5 Å². The van der Waals surface area contributed by atoms with E-state index in [1.54, 1.807) is 35.4 Å². The van der Waals surface area contributed by atoms with Crippen LogP contribution in [0.25, 0.3) is 27.2 Å². The third kappa shape index (κ3) is 4.65. The van der Waals surface area contributed by atoms with Crippen LogP contribution >= 0.6 is 11.3 Å². The summed E-state index contributed by atoms with van der Waals surface area (Å²) in [7, 11) is 6.59. The number of carbonyl (C=O) groups excluding carboxylic acids is 2. The minimum atomic E-state index is -0.977. The molecule has 0 bridgehead atoms. The van der Waals surface area contributed by atoms with E-state index in [2.05, 4.69) is 38.9 Å². The second kappa shape index (κ2) is 9.29. The Morgan fingerprint density at radius 2 is 2.09 bits per heavy atom. The van der Waals surface area contributed by atoms with Gasteiger partial charge in [0.25, 0.3) is 0 Å². The molecule has 163 valence electrons. The summed E-state index contributed by atoms with van der Waals surface area (Å²) in [5.41, 5.74) is 1.18. The molecule has 0 aliphatic rings. The van der Waals surface area contributed by atoms with Crippen LogP contribution in [0.2, 0.25) is 0 Å². The number of aromatic amines is 1. The van der Waals surface area contributed by atoms with Gasteiger partial charge in [-0.25, -0.2) is 0 Å². The molecule has 1 aromatic carbocycles. The van der Waals surface area contributed by atoms with Gasteiger partial charge in [0.15, 0.2) is 0 Å². The number of rotatable bonds is 6. The summed E-state index contributed by atoms with van der Waals surface area (Å²) in [5, 5.41) is 4.49. The average molecular weight is 457 g/mol. The molecule has 0 saturated carbocycles. The predicted octanol–water partition coefficient (Wildman–Crippen LogP) is 3.54. The van der Waals surface area contributed by atoms with Crippen LogP contribution in [0.1, 0.15) is 26.4 Å². The van der Waals surface area contributed by atoms with E-state index in [1.165, 1.54) is 34.0 Å². The fourth-order valence-corrected chi connectivity index (χ4v) is 4.68. The monoisotopic (exact) mass is 457 g/mol. The van der Waals surface area contributed by atoms with Gasteiger partial charge in [-0.15, -0.1) is 11.3 Å². The molecule has 1 N–H and O–H groups in total. The van der Waals surface area contributed by atoms with E-state index < -0.39 is 11.5 Å². The van der Waals surface area contributed by atoms with E-state index >= 15 is 0 Å². The Morgan fingerprint density at radius 3 is 2.85 bits per heavy atom. The van der Waals surface area contributed by atoms with Crippen molar-refractivity contribution in [2.75, 3.05) is 7.05 Å². The van der Waals surface area contributed by atoms with Crippen LogP contribution in [0.15, 0.2) is 58.5 Å². The van der Waals surface area contributed by atoms with Gasteiger partial charge in [-0.05, 0) is 23.9 Å². The van der Waals surface area contributed by atoms with Crippen LogP contribution in [-0.4, -0.2) is 41.4 Å². The first-order chi connectivity index (χ1) is 15.9. The van der Waals surface area contributed by atoms with Gasteiger partial charge in [0.1, 0.15) is 0 Å². The van der Waals surface area contributed by atoms with Gasteiger partial charge in [-0.1, -0.05) is 18.2 Å². The molecule has 1 amide bonds. The molecule has 3 aromatic heterocycles. The summed E-state index contributed by atoms with van der Waals surface area (Å²) in [6.45, 7) is 2.57. The molecule has 4 rings (SSSR count). The van der Waals surface area contributed by atoms with Crippen molar-refractivity contribution in [1.29, 1.82) is 0 Å². The first-order valence-electron chi connectivity index (χ1n) is 9.92. The normalized spacial score (nSPS) is 11.2. The van der Waals surface area contributed by atoms with Gasteiger partial charge in [-0.2, -0.15) is 0 Å². The number of benzene rings is 1. The Morgan fingerprint density at radius 1 is 1.30 bits per heavy atom. The van der Waals surface area contributed by atoms with Crippen molar-refractivity contribution in [3.05, 3.63) is 80.6 Å². The van der Waals surface area contributed by atoms with Gasteiger partial charge >= 0.3 is 117 Å². The van der Waals surface area contributed by atoms with Gasteiger partial charge in [0.05, 0.1) is 6.54 Å². The van der Waals surface area contributed by atoms with Crippen molar-refractivity contribution in [3.8, 4) is 0 Å². The second-order valence-electron chi connectivity index (χ2n) is 7.38. The molecule has 33 heavy (non-hydrogen) atoms. The van der Waals surface area contributed by atoms with Crippen LogP contribution in [-0.2, 0) is 16.2 Å². The summed E-state index contributed by atoms with van der Waals surface area (Å²) in [5.74, 6) is -1.14. The molecule has 0 saturated heterocycles. The van der Waals surface area contributed by atoms with E-state index in [1.807, 2.05) is 12.1 Å². The van der Waals surface area contributed by atoms with Crippen LogP contribution < -0.4 is 5.56 Å². The Hall–Kier alpha value is -3.92. The molecule has 0 atom stereocenters. The van der Waals surface area contributed by atoms with E-state index in [0.29, 0.717) is 23.1 Å². The number of hydrogen-bond acceptors (Lipinski definition) is 7. The van der Waals surface area contributed by atoms with Crippen molar-refractivity contribution in [1.82, 2.24) is 14.9 Å². The van der Waals surface area contributed by atoms with Gasteiger partial charge in [-0.3, -0.25) is 0 Å². The van der Waals surface area contributed by atoms with E-state index in [0.717, 1.165) is 4.88 Å². The number of pyridine rings is 2. The Bertz CT molecular complexity index is 1490. The van der Waals surface area contributed by atoms with Crippen molar-refractivity contribution < 1.29 is 14.4 Å². The molecule has 0 spiro atoms. The number of H-pyrrole nitrogens is 1. The van der Waals surface area contributed by atoms with Crippen LogP contribution in [0.4, 0.5) is 0 Å². The molecule has 0 fully saturated rings. The van der Waals surface area contributed by atoms with Gasteiger partial charge < -0.3 is 0 Å². The van der Waals surface area contributed by atoms with Gasteiger partial charge in [0, 0.05) is 16.6 Å². The van der Waals surface area contributed by atoms with Crippen molar-refractivity contribution in [2.24, 2.45) is 5.06 Å². The summed E-state index contributed by atoms with van der Waals surface area (Å²) < 4.78 is 1.20. The maximum atomic E-state index is 12.7. The number of aromatic nitrogens is 2. The molecule has 0 aliphatic heterocycles. The standard InChI is InChI=1S/C23H18BN4O4S/c1-13-16-5-3-4-6-18(16)33-19(13)12-28(2)20(29)8-7-14-9-15-10-17(23(31)32-27-24)22(30)26-21(15)25-11-14/h3-11H,12H2,1-2H3,(H,25,26,30)/b8-7+. The number of nitrogens with one attached hydrogen (secondary N) is 1. The number of aryl methyl sites for hydroxylation is 1. The molecule has 10 heteroatoms. The van der Waals surface area contributed by atoms with Crippen LogP contribution in [0.5, 0.6) is 0 Å². The Balaban J connectivity index is 1.52. The summed E-state index contributed by atoms with van der Waals surface area (Å²) in [6, 6.07) is 11.2. The predicted molar refractivity (Wildman–Crippen MR) is 128 cm³/mol. The molecule has 0 unspecified atom stereocenters. The number of fused-ring (bicyclic) bond motifs is 2. The molecule has 8 nitrogen and oxygen atoms in total. The number of nitrogens with zero attached hydrogens (tertiary/aromatic N) is 3. The quantitative estimate of drug-likeness (QED) is 0.271. The first kappa shape index (κ1) is 22.3. The molecular weight excluding hydrogens is 439 g/mol. The van der Waals surface area contributed by atoms with E-state index in [9.17, 15) is 14.4 Å². The molecule has 0 aliphatic carbocycles. The molecule has 4 aromatic rings. The summed E-state index contributed by atoms with van der Waals surface area (Å²) in [4.78, 5) is 50.3. The maximum absolute atomic E-state index is 12.7. The minimum absolute atomic E-state index is 0.165. The number of hydrogen-bond donors (Lipinski definition) is 1. The third-order valence-corrected chi connectivity index (χ3v) is 6.45. The topological polar surface area (TPSA) is 105 Å². The zero-order valence-electron chi connectivity index (χ0n) is 17.9. The molecule has 3 heterocycles. The zero-order valence-corrected chi connectivity index (χ0v) is 18.7. The van der Waals surface area contributed by atoms with Crippen molar-refractivity contribution >= 4 is 58.0 Å². The summed E-state index contributed by atoms with van der Waals surface area (Å²) in [6.07, 6.45) is 4.60. The Labute approximate surface area is 193 Å². The number of carbonyl (C=O) groups is 2. The number of thiophene rings is 1. The van der Waals surface area contributed by atoms with Crippen LogP contribution in [0.3, 0.4) is 0 Å². The van der Waals surface area contributed by atoms with Gasteiger partial charge in [0.2, 0.25) is 0 Å². The van der Waals surface area contributed by atoms with Crippen LogP contribution in [0, 0.1) is 6.92 Å². The fourth-order valence-electron chi connectivity index (χ4n) is 3.41. The Kier molecular flexibility index (Phi) is 6.28. The summed E-state index contributed by atoms with van der Waals surface area (Å²) >= 11 is 1.68. The molecular formula is C23H18BN4O4S. The van der Waals surface area contributed by atoms with Crippen molar-refractivity contribution in [2.45, 2.75) is 13.5 Å².